The van der Waals surface area contributed by atoms with E-state index in [4.69, 9.17) is 0 Å². The highest BCUT2D eigenvalue weighted by molar-refractivity contribution is 6.11. The Balaban J connectivity index is 1.33. The molecular weight excluding hydrogens is 336 g/mol. The maximum atomic E-state index is 12.5. The summed E-state index contributed by atoms with van der Waals surface area (Å²) < 4.78 is 0. The monoisotopic (exact) mass is 358 g/mol. The van der Waals surface area contributed by atoms with Gasteiger partial charge in [0.1, 0.15) is 0 Å². The third-order valence-electron chi connectivity index (χ3n) is 5.19. The van der Waals surface area contributed by atoms with Gasteiger partial charge in [-0.2, -0.15) is 0 Å². The fourth-order valence-electron chi connectivity index (χ4n) is 3.71. The standard InChI is InChI=1S/C23H22N2O2/c26-22-18(11-9-16-5-1-3-7-20(16)22)13-24-15-25-14-19-12-10-17-6-2-4-8-21(17)23(19)27/h1-8,13-14,24-25H,9-12,15H2/b18-13+,19-14+. The molecule has 0 unspecified atom stereocenters. The molecular formula is C23H22N2O2. The molecule has 2 N–H and O–H groups in total. The molecule has 0 bridgehead atoms. The lowest BCUT2D eigenvalue weighted by atomic mass is 9.87. The molecule has 27 heavy (non-hydrogen) atoms. The van der Waals surface area contributed by atoms with E-state index in [2.05, 4.69) is 10.6 Å². The zero-order valence-electron chi connectivity index (χ0n) is 15.1. The molecule has 0 fully saturated rings. The molecule has 2 aliphatic carbocycles. The lowest BCUT2D eigenvalue weighted by Gasteiger charge is -2.18. The Morgan fingerprint density at radius 1 is 0.667 bits per heavy atom. The summed E-state index contributed by atoms with van der Waals surface area (Å²) in [6.45, 7) is 0.469. The first kappa shape index (κ1) is 17.3. The zero-order valence-corrected chi connectivity index (χ0v) is 15.1. The van der Waals surface area contributed by atoms with Gasteiger partial charge in [-0.15, -0.1) is 0 Å². The van der Waals surface area contributed by atoms with Crippen LogP contribution < -0.4 is 10.6 Å². The fourth-order valence-corrected chi connectivity index (χ4v) is 3.71. The van der Waals surface area contributed by atoms with Crippen molar-refractivity contribution in [3.05, 3.63) is 94.3 Å². The van der Waals surface area contributed by atoms with Crippen molar-refractivity contribution in [3.8, 4) is 0 Å². The van der Waals surface area contributed by atoms with Gasteiger partial charge in [-0.1, -0.05) is 48.5 Å². The number of fused-ring (bicyclic) bond motifs is 2. The predicted molar refractivity (Wildman–Crippen MR) is 105 cm³/mol. The first-order valence-corrected chi connectivity index (χ1v) is 9.34. The number of aryl methyl sites for hydroxylation is 2. The summed E-state index contributed by atoms with van der Waals surface area (Å²) in [4.78, 5) is 25.0. The summed E-state index contributed by atoms with van der Waals surface area (Å²) in [6, 6.07) is 15.6. The highest BCUT2D eigenvalue weighted by Gasteiger charge is 2.22. The molecule has 0 radical (unpaired) electrons. The summed E-state index contributed by atoms with van der Waals surface area (Å²) in [5.74, 6) is 0.198. The van der Waals surface area contributed by atoms with E-state index in [1.807, 2.05) is 48.5 Å². The average Bonchev–Trinajstić information content (AvgIpc) is 2.71. The minimum absolute atomic E-state index is 0.0989. The Labute approximate surface area is 159 Å². The second-order valence-electron chi connectivity index (χ2n) is 6.90. The maximum Gasteiger partial charge on any atom is 0.190 e. The second-order valence-corrected chi connectivity index (χ2v) is 6.90. The van der Waals surface area contributed by atoms with Gasteiger partial charge in [0, 0.05) is 34.7 Å². The number of rotatable bonds is 4. The average molecular weight is 358 g/mol. The topological polar surface area (TPSA) is 58.2 Å². The van der Waals surface area contributed by atoms with Crippen LogP contribution in [0.4, 0.5) is 0 Å². The Morgan fingerprint density at radius 2 is 1.11 bits per heavy atom. The third-order valence-corrected chi connectivity index (χ3v) is 5.19. The van der Waals surface area contributed by atoms with Crippen molar-refractivity contribution >= 4 is 11.6 Å². The van der Waals surface area contributed by atoms with Crippen LogP contribution in [0.15, 0.2) is 72.1 Å². The van der Waals surface area contributed by atoms with Crippen molar-refractivity contribution in [3.63, 3.8) is 0 Å². The van der Waals surface area contributed by atoms with Gasteiger partial charge >= 0.3 is 0 Å². The molecule has 0 amide bonds. The van der Waals surface area contributed by atoms with Crippen molar-refractivity contribution in [2.45, 2.75) is 25.7 Å². The van der Waals surface area contributed by atoms with Crippen molar-refractivity contribution in [2.75, 3.05) is 6.67 Å². The summed E-state index contributed by atoms with van der Waals surface area (Å²) in [7, 11) is 0. The van der Waals surface area contributed by atoms with Crippen LogP contribution in [0.3, 0.4) is 0 Å². The predicted octanol–water partition coefficient (Wildman–Crippen LogP) is 3.55. The minimum atomic E-state index is 0.0989. The first-order chi connectivity index (χ1) is 13.2. The molecule has 0 saturated heterocycles. The number of carbonyl (C=O) groups excluding carboxylic acids is 2. The minimum Gasteiger partial charge on any atom is -0.374 e. The van der Waals surface area contributed by atoms with Crippen molar-refractivity contribution in [2.24, 2.45) is 0 Å². The Morgan fingerprint density at radius 3 is 1.59 bits per heavy atom. The lowest BCUT2D eigenvalue weighted by molar-refractivity contribution is 0.101. The molecule has 0 aliphatic heterocycles. The molecule has 2 aromatic carbocycles. The molecule has 4 nitrogen and oxygen atoms in total. The van der Waals surface area contributed by atoms with E-state index < -0.39 is 0 Å². The lowest BCUT2D eigenvalue weighted by Crippen LogP contribution is -2.25. The normalized spacial score (nSPS) is 19.0. The quantitative estimate of drug-likeness (QED) is 0.499. The van der Waals surface area contributed by atoms with Gasteiger partial charge < -0.3 is 10.6 Å². The highest BCUT2D eigenvalue weighted by atomic mass is 16.1. The Hall–Kier alpha value is -3.14. The van der Waals surface area contributed by atoms with Gasteiger partial charge in [-0.3, -0.25) is 9.59 Å². The van der Waals surface area contributed by atoms with Gasteiger partial charge in [0.25, 0.3) is 0 Å². The van der Waals surface area contributed by atoms with Gasteiger partial charge in [0.15, 0.2) is 11.6 Å². The number of hydrogen-bond donors (Lipinski definition) is 2. The number of benzene rings is 2. The smallest absolute Gasteiger partial charge is 0.190 e. The molecule has 0 saturated carbocycles. The van der Waals surface area contributed by atoms with E-state index in [0.717, 1.165) is 59.1 Å². The number of nitrogens with one attached hydrogen (secondary N) is 2. The van der Waals surface area contributed by atoms with Gasteiger partial charge in [-0.25, -0.2) is 0 Å². The number of allylic oxidation sites excluding steroid dienone is 2. The number of ketones is 2. The third kappa shape index (κ3) is 3.56. The Bertz CT molecular complexity index is 879. The number of Topliss-reactive ketones (excluding diaryl/α,β-unsaturated/α-hetero) is 2. The van der Waals surface area contributed by atoms with Crippen LogP contribution in [0.5, 0.6) is 0 Å². The van der Waals surface area contributed by atoms with E-state index >= 15 is 0 Å². The van der Waals surface area contributed by atoms with Gasteiger partial charge in [0.2, 0.25) is 0 Å². The van der Waals surface area contributed by atoms with Crippen LogP contribution in [0.1, 0.15) is 44.7 Å². The number of carbonyl (C=O) groups is 2. The zero-order chi connectivity index (χ0) is 18.6. The Kier molecular flexibility index (Phi) is 4.88. The largest absolute Gasteiger partial charge is 0.374 e. The molecule has 0 spiro atoms. The maximum absolute atomic E-state index is 12.5. The van der Waals surface area contributed by atoms with Crippen molar-refractivity contribution in [1.82, 2.24) is 10.6 Å². The summed E-state index contributed by atoms with van der Waals surface area (Å²) >= 11 is 0. The van der Waals surface area contributed by atoms with E-state index in [-0.39, 0.29) is 11.6 Å². The van der Waals surface area contributed by atoms with Gasteiger partial charge in [-0.05, 0) is 36.8 Å². The second kappa shape index (κ2) is 7.62. The first-order valence-electron chi connectivity index (χ1n) is 9.34. The molecule has 0 aromatic heterocycles. The van der Waals surface area contributed by atoms with E-state index in [1.165, 1.54) is 0 Å². The van der Waals surface area contributed by atoms with Crippen molar-refractivity contribution in [1.29, 1.82) is 0 Å². The summed E-state index contributed by atoms with van der Waals surface area (Å²) in [5, 5.41) is 6.28. The van der Waals surface area contributed by atoms with Crippen LogP contribution in [0.25, 0.3) is 0 Å². The fraction of sp³-hybridized carbons (Fsp3) is 0.217. The van der Waals surface area contributed by atoms with Crippen molar-refractivity contribution < 1.29 is 9.59 Å². The van der Waals surface area contributed by atoms with Crippen LogP contribution in [-0.2, 0) is 12.8 Å². The van der Waals surface area contributed by atoms with Crippen LogP contribution in [-0.4, -0.2) is 18.2 Å². The molecule has 136 valence electrons. The highest BCUT2D eigenvalue weighted by Crippen LogP contribution is 2.25. The van der Waals surface area contributed by atoms with E-state index in [0.29, 0.717) is 6.67 Å². The van der Waals surface area contributed by atoms with Crippen LogP contribution in [0, 0.1) is 0 Å². The van der Waals surface area contributed by atoms with E-state index in [9.17, 15) is 9.59 Å². The van der Waals surface area contributed by atoms with E-state index in [1.54, 1.807) is 12.4 Å². The number of hydrogen-bond acceptors (Lipinski definition) is 4. The molecule has 0 heterocycles. The molecule has 4 heteroatoms. The molecule has 2 aliphatic rings. The molecule has 2 aromatic rings. The SMILES string of the molecule is O=C1/C(=C/NCN/C=C2\CCc3ccccc3C2=O)CCc2ccccc21. The molecule has 4 rings (SSSR count). The van der Waals surface area contributed by atoms with Gasteiger partial charge in [0.05, 0.1) is 6.67 Å². The van der Waals surface area contributed by atoms with Crippen LogP contribution >= 0.6 is 0 Å². The molecule has 0 atom stereocenters. The summed E-state index contributed by atoms with van der Waals surface area (Å²) in [5.41, 5.74) is 5.45. The summed E-state index contributed by atoms with van der Waals surface area (Å²) in [6.07, 6.45) is 6.86. The van der Waals surface area contributed by atoms with Crippen LogP contribution in [0.2, 0.25) is 0 Å².